The fourth-order valence-corrected chi connectivity index (χ4v) is 1.42. The molecule has 0 aliphatic rings. The van der Waals surface area contributed by atoms with Crippen molar-refractivity contribution >= 4 is 17.3 Å². The fourth-order valence-electron chi connectivity index (χ4n) is 1.42. The maximum absolute atomic E-state index is 10.7. The van der Waals surface area contributed by atoms with E-state index in [0.29, 0.717) is 0 Å². The first-order valence-corrected chi connectivity index (χ1v) is 5.33. The molecule has 5 N–H and O–H groups in total. The van der Waals surface area contributed by atoms with E-state index >= 15 is 0 Å². The first-order valence-electron chi connectivity index (χ1n) is 5.33. The number of amides is 1. The van der Waals surface area contributed by atoms with Crippen LogP contribution in [0.15, 0.2) is 12.4 Å². The number of carbonyl (C=O) groups excluding carboxylic acids is 1. The van der Waals surface area contributed by atoms with E-state index in [-0.39, 0.29) is 23.7 Å². The minimum Gasteiger partial charge on any atom is -0.393 e. The molecule has 1 aromatic rings. The Labute approximate surface area is 108 Å². The van der Waals surface area contributed by atoms with E-state index in [1.165, 1.54) is 6.92 Å². The SMILES string of the molecule is CC(=O)NCC(O)C(O)c1cncc([N+](=O)[O-])c1N. The van der Waals surface area contributed by atoms with Crippen LogP contribution in [-0.4, -0.2) is 38.7 Å². The number of hydrogen-bond acceptors (Lipinski definition) is 7. The third kappa shape index (κ3) is 3.60. The summed E-state index contributed by atoms with van der Waals surface area (Å²) in [5, 5.41) is 32.5. The maximum Gasteiger partial charge on any atom is 0.310 e. The Morgan fingerprint density at radius 2 is 2.21 bits per heavy atom. The standard InChI is InChI=1S/C10H14N4O5/c1-5(15)13-4-8(16)10(17)6-2-12-3-7(9(6)11)14(18)19/h2-3,8,10,16-17H,4H2,1H3,(H2,11,12)(H,13,15). The van der Waals surface area contributed by atoms with Crippen molar-refractivity contribution < 1.29 is 19.9 Å². The number of pyridine rings is 1. The number of hydrogen-bond donors (Lipinski definition) is 4. The van der Waals surface area contributed by atoms with Gasteiger partial charge < -0.3 is 21.3 Å². The summed E-state index contributed by atoms with van der Waals surface area (Å²) in [5.74, 6) is -0.378. The highest BCUT2D eigenvalue weighted by atomic mass is 16.6. The molecule has 104 valence electrons. The van der Waals surface area contributed by atoms with Crippen molar-refractivity contribution in [3.63, 3.8) is 0 Å². The molecule has 2 atom stereocenters. The number of nitro groups is 1. The summed E-state index contributed by atoms with van der Waals surface area (Å²) in [7, 11) is 0. The number of nitrogens with zero attached hydrogens (tertiary/aromatic N) is 2. The smallest absolute Gasteiger partial charge is 0.310 e. The quantitative estimate of drug-likeness (QED) is 0.399. The Kier molecular flexibility index (Phi) is 4.73. The number of nitrogen functional groups attached to an aromatic ring is 1. The van der Waals surface area contributed by atoms with E-state index in [0.717, 1.165) is 12.4 Å². The normalized spacial score (nSPS) is 13.6. The van der Waals surface area contributed by atoms with Gasteiger partial charge in [0.25, 0.3) is 0 Å². The van der Waals surface area contributed by atoms with Gasteiger partial charge in [-0.15, -0.1) is 0 Å². The van der Waals surface area contributed by atoms with E-state index in [2.05, 4.69) is 10.3 Å². The zero-order valence-electron chi connectivity index (χ0n) is 10.1. The number of nitrogens with one attached hydrogen (secondary N) is 1. The molecule has 2 unspecified atom stereocenters. The third-order valence-corrected chi connectivity index (χ3v) is 2.44. The number of aliphatic hydroxyl groups excluding tert-OH is 2. The minimum atomic E-state index is -1.49. The van der Waals surface area contributed by atoms with E-state index in [1.807, 2.05) is 0 Å². The van der Waals surface area contributed by atoms with Gasteiger partial charge in [-0.05, 0) is 0 Å². The van der Waals surface area contributed by atoms with Crippen LogP contribution in [0.5, 0.6) is 0 Å². The van der Waals surface area contributed by atoms with Gasteiger partial charge >= 0.3 is 5.69 Å². The second kappa shape index (κ2) is 6.07. The average molecular weight is 270 g/mol. The van der Waals surface area contributed by atoms with Gasteiger partial charge in [0.15, 0.2) is 0 Å². The molecule has 0 aliphatic carbocycles. The molecule has 1 aromatic heterocycles. The summed E-state index contributed by atoms with van der Waals surface area (Å²) in [6.07, 6.45) is -0.760. The van der Waals surface area contributed by atoms with Crippen LogP contribution < -0.4 is 11.1 Å². The molecule has 0 saturated heterocycles. The Balaban J connectivity index is 2.93. The first-order chi connectivity index (χ1) is 8.84. The van der Waals surface area contributed by atoms with Gasteiger partial charge in [-0.1, -0.05) is 0 Å². The van der Waals surface area contributed by atoms with Crippen molar-refractivity contribution in [2.24, 2.45) is 0 Å². The van der Waals surface area contributed by atoms with Gasteiger partial charge in [0.1, 0.15) is 24.1 Å². The number of aliphatic hydroxyl groups is 2. The number of anilines is 1. The Hall–Kier alpha value is -2.26. The second-order valence-corrected chi connectivity index (χ2v) is 3.87. The average Bonchev–Trinajstić information content (AvgIpc) is 2.34. The molecule has 0 fully saturated rings. The highest BCUT2D eigenvalue weighted by Gasteiger charge is 2.25. The molecule has 0 bridgehead atoms. The largest absolute Gasteiger partial charge is 0.393 e. The lowest BCUT2D eigenvalue weighted by atomic mass is 10.0. The van der Waals surface area contributed by atoms with Crippen molar-refractivity contribution in [3.8, 4) is 0 Å². The fraction of sp³-hybridized carbons (Fsp3) is 0.400. The Bertz CT molecular complexity index is 493. The van der Waals surface area contributed by atoms with Gasteiger partial charge in [0.2, 0.25) is 5.91 Å². The van der Waals surface area contributed by atoms with Gasteiger partial charge in [-0.2, -0.15) is 0 Å². The van der Waals surface area contributed by atoms with Crippen LogP contribution in [0.1, 0.15) is 18.6 Å². The molecule has 0 spiro atoms. The lowest BCUT2D eigenvalue weighted by Gasteiger charge is -2.19. The molecular weight excluding hydrogens is 256 g/mol. The number of aromatic nitrogens is 1. The zero-order valence-corrected chi connectivity index (χ0v) is 10.1. The van der Waals surface area contributed by atoms with Crippen molar-refractivity contribution in [2.45, 2.75) is 19.1 Å². The van der Waals surface area contributed by atoms with E-state index in [1.54, 1.807) is 0 Å². The lowest BCUT2D eigenvalue weighted by Crippen LogP contribution is -2.34. The van der Waals surface area contributed by atoms with Crippen molar-refractivity contribution in [3.05, 3.63) is 28.1 Å². The van der Waals surface area contributed by atoms with Crippen LogP contribution in [0.2, 0.25) is 0 Å². The maximum atomic E-state index is 10.7. The summed E-state index contributed by atoms with van der Waals surface area (Å²) in [5.41, 5.74) is 4.75. The highest BCUT2D eigenvalue weighted by Crippen LogP contribution is 2.29. The first kappa shape index (κ1) is 14.8. The molecule has 9 nitrogen and oxygen atoms in total. The summed E-state index contributed by atoms with van der Waals surface area (Å²) in [4.78, 5) is 24.2. The number of nitrogens with two attached hydrogens (primary N) is 1. The number of carbonyl (C=O) groups is 1. The Morgan fingerprint density at radius 1 is 1.58 bits per heavy atom. The second-order valence-electron chi connectivity index (χ2n) is 3.87. The highest BCUT2D eigenvalue weighted by molar-refractivity contribution is 5.72. The van der Waals surface area contributed by atoms with Crippen LogP contribution >= 0.6 is 0 Å². The molecule has 0 aliphatic heterocycles. The topological polar surface area (TPSA) is 152 Å². The van der Waals surface area contributed by atoms with E-state index in [4.69, 9.17) is 5.73 Å². The minimum absolute atomic E-state index is 0.0629. The van der Waals surface area contributed by atoms with E-state index in [9.17, 15) is 25.1 Å². The van der Waals surface area contributed by atoms with Crippen molar-refractivity contribution in [1.29, 1.82) is 0 Å². The molecule has 1 rings (SSSR count). The molecule has 1 amide bonds. The Morgan fingerprint density at radius 3 is 2.74 bits per heavy atom. The van der Waals surface area contributed by atoms with Crippen molar-refractivity contribution in [2.75, 3.05) is 12.3 Å². The predicted octanol–water partition coefficient (Wildman–Crippen LogP) is -0.898. The summed E-state index contributed by atoms with van der Waals surface area (Å²) in [6.45, 7) is 1.04. The lowest BCUT2D eigenvalue weighted by molar-refractivity contribution is -0.384. The van der Waals surface area contributed by atoms with Gasteiger partial charge in [0, 0.05) is 25.2 Å². The summed E-state index contributed by atoms with van der Waals surface area (Å²) < 4.78 is 0. The summed E-state index contributed by atoms with van der Waals surface area (Å²) in [6, 6.07) is 0. The molecule has 19 heavy (non-hydrogen) atoms. The number of rotatable bonds is 5. The van der Waals surface area contributed by atoms with Crippen LogP contribution in [0.25, 0.3) is 0 Å². The van der Waals surface area contributed by atoms with Crippen LogP contribution in [-0.2, 0) is 4.79 Å². The van der Waals surface area contributed by atoms with Crippen LogP contribution in [0.4, 0.5) is 11.4 Å². The van der Waals surface area contributed by atoms with Crippen molar-refractivity contribution in [1.82, 2.24) is 10.3 Å². The zero-order chi connectivity index (χ0) is 14.6. The third-order valence-electron chi connectivity index (χ3n) is 2.44. The monoisotopic (exact) mass is 270 g/mol. The van der Waals surface area contributed by atoms with Crippen LogP contribution in [0.3, 0.4) is 0 Å². The molecule has 0 aromatic carbocycles. The van der Waals surface area contributed by atoms with Gasteiger partial charge in [0.05, 0.1) is 4.92 Å². The van der Waals surface area contributed by atoms with Crippen LogP contribution in [0, 0.1) is 10.1 Å². The summed E-state index contributed by atoms with van der Waals surface area (Å²) >= 11 is 0. The van der Waals surface area contributed by atoms with E-state index < -0.39 is 22.8 Å². The molecule has 0 radical (unpaired) electrons. The predicted molar refractivity (Wildman–Crippen MR) is 65.0 cm³/mol. The molecular formula is C10H14N4O5. The molecule has 9 heteroatoms. The molecule has 0 saturated carbocycles. The van der Waals surface area contributed by atoms with Gasteiger partial charge in [-0.25, -0.2) is 0 Å². The van der Waals surface area contributed by atoms with Gasteiger partial charge in [-0.3, -0.25) is 19.9 Å². The molecule has 1 heterocycles.